The van der Waals surface area contributed by atoms with E-state index in [1.807, 2.05) is 13.8 Å². The van der Waals surface area contributed by atoms with Gasteiger partial charge in [-0.15, -0.1) is 0 Å². The summed E-state index contributed by atoms with van der Waals surface area (Å²) in [5, 5.41) is 2.67. The maximum absolute atomic E-state index is 11.9. The van der Waals surface area contributed by atoms with Crippen LogP contribution in [-0.2, 0) is 9.59 Å². The van der Waals surface area contributed by atoms with Crippen LogP contribution in [0.5, 0.6) is 0 Å². The van der Waals surface area contributed by atoms with Crippen molar-refractivity contribution in [2.75, 3.05) is 13.1 Å². The first-order chi connectivity index (χ1) is 7.84. The predicted octanol–water partition coefficient (Wildman–Crippen LogP) is 1.26. The number of hydrogen-bond donors (Lipinski definition) is 1. The summed E-state index contributed by atoms with van der Waals surface area (Å²) in [4.78, 5) is 25.5. The molecule has 1 aliphatic heterocycles. The van der Waals surface area contributed by atoms with Crippen LogP contribution in [0.1, 0.15) is 34.6 Å². The molecule has 1 rings (SSSR count). The Morgan fingerprint density at radius 1 is 1.24 bits per heavy atom. The van der Waals surface area contributed by atoms with E-state index in [1.54, 1.807) is 4.90 Å². The summed E-state index contributed by atoms with van der Waals surface area (Å²) in [6, 6.07) is -0.308. The summed E-state index contributed by atoms with van der Waals surface area (Å²) in [5.41, 5.74) is 0. The predicted molar refractivity (Wildman–Crippen MR) is 67.4 cm³/mol. The normalized spacial score (nSPS) is 23.2. The highest BCUT2D eigenvalue weighted by Crippen LogP contribution is 2.19. The lowest BCUT2D eigenvalue weighted by atomic mass is 9.93. The summed E-state index contributed by atoms with van der Waals surface area (Å²) in [6.07, 6.45) is 0. The molecule has 0 aromatic heterocycles. The fourth-order valence-electron chi connectivity index (χ4n) is 2.06. The zero-order valence-corrected chi connectivity index (χ0v) is 11.5. The van der Waals surface area contributed by atoms with Gasteiger partial charge in [0.25, 0.3) is 0 Å². The van der Waals surface area contributed by atoms with Crippen LogP contribution in [-0.4, -0.2) is 35.8 Å². The summed E-state index contributed by atoms with van der Waals surface area (Å²) < 4.78 is 0. The molecule has 0 spiro atoms. The Labute approximate surface area is 104 Å². The van der Waals surface area contributed by atoms with Crippen molar-refractivity contribution in [3.8, 4) is 0 Å². The Balaban J connectivity index is 2.82. The van der Waals surface area contributed by atoms with Gasteiger partial charge in [-0.25, -0.2) is 0 Å². The van der Waals surface area contributed by atoms with Crippen molar-refractivity contribution in [2.45, 2.75) is 40.7 Å². The van der Waals surface area contributed by atoms with Crippen molar-refractivity contribution >= 4 is 11.8 Å². The van der Waals surface area contributed by atoms with E-state index < -0.39 is 0 Å². The van der Waals surface area contributed by atoms with E-state index in [-0.39, 0.29) is 30.3 Å². The van der Waals surface area contributed by atoms with Crippen LogP contribution < -0.4 is 5.32 Å². The quantitative estimate of drug-likeness (QED) is 0.804. The Kier molecular flexibility index (Phi) is 4.54. The molecule has 0 bridgehead atoms. The molecule has 0 aliphatic carbocycles. The first-order valence-corrected chi connectivity index (χ1v) is 6.41. The molecule has 2 unspecified atom stereocenters. The maximum atomic E-state index is 11.9. The van der Waals surface area contributed by atoms with Gasteiger partial charge in [0.15, 0.2) is 0 Å². The number of nitrogens with one attached hydrogen (secondary N) is 1. The third kappa shape index (κ3) is 3.20. The van der Waals surface area contributed by atoms with Crippen molar-refractivity contribution < 1.29 is 9.59 Å². The van der Waals surface area contributed by atoms with Gasteiger partial charge in [-0.2, -0.15) is 0 Å². The third-order valence-electron chi connectivity index (χ3n) is 3.59. The van der Waals surface area contributed by atoms with Crippen LogP contribution in [0.15, 0.2) is 0 Å². The molecule has 1 fully saturated rings. The van der Waals surface area contributed by atoms with Crippen molar-refractivity contribution in [1.82, 2.24) is 10.2 Å². The van der Waals surface area contributed by atoms with Crippen LogP contribution in [0.4, 0.5) is 0 Å². The van der Waals surface area contributed by atoms with Crippen LogP contribution in [0.2, 0.25) is 0 Å². The van der Waals surface area contributed by atoms with Crippen molar-refractivity contribution in [2.24, 2.45) is 17.8 Å². The minimum absolute atomic E-state index is 0.0180. The van der Waals surface area contributed by atoms with E-state index in [2.05, 4.69) is 26.1 Å². The van der Waals surface area contributed by atoms with Crippen molar-refractivity contribution in [1.29, 1.82) is 0 Å². The van der Waals surface area contributed by atoms with Gasteiger partial charge in [0.2, 0.25) is 11.8 Å². The molecule has 0 saturated carbocycles. The average Bonchev–Trinajstić information content (AvgIpc) is 2.22. The standard InChI is InChI=1S/C13H24N2O2/c1-8(2)10(5)7-15-11(16)6-14-13(17)12(15)9(3)4/h8-10,12H,6-7H2,1-5H3,(H,14,17). The molecule has 1 heterocycles. The highest BCUT2D eigenvalue weighted by molar-refractivity contribution is 5.94. The van der Waals surface area contributed by atoms with Crippen LogP contribution in [0, 0.1) is 17.8 Å². The molecule has 1 saturated heterocycles. The van der Waals surface area contributed by atoms with E-state index in [0.29, 0.717) is 18.4 Å². The van der Waals surface area contributed by atoms with Gasteiger partial charge in [0.05, 0.1) is 6.54 Å². The Morgan fingerprint density at radius 3 is 2.29 bits per heavy atom. The second-order valence-corrected chi connectivity index (χ2v) is 5.67. The first kappa shape index (κ1) is 14.0. The van der Waals surface area contributed by atoms with Crippen molar-refractivity contribution in [3.05, 3.63) is 0 Å². The number of amides is 2. The molecule has 2 amide bonds. The molecule has 0 radical (unpaired) electrons. The van der Waals surface area contributed by atoms with Gasteiger partial charge < -0.3 is 10.2 Å². The lowest BCUT2D eigenvalue weighted by Gasteiger charge is -2.39. The summed E-state index contributed by atoms with van der Waals surface area (Å²) in [6.45, 7) is 11.2. The first-order valence-electron chi connectivity index (χ1n) is 6.41. The molecular formula is C13H24N2O2. The average molecular weight is 240 g/mol. The SMILES string of the molecule is CC(C)C(C)CN1C(=O)CNC(=O)C1C(C)C. The summed E-state index contributed by atoms with van der Waals surface area (Å²) in [7, 11) is 0. The number of carbonyl (C=O) groups is 2. The number of carbonyl (C=O) groups excluding carboxylic acids is 2. The van der Waals surface area contributed by atoms with E-state index >= 15 is 0 Å². The summed E-state index contributed by atoms with van der Waals surface area (Å²) >= 11 is 0. The van der Waals surface area contributed by atoms with E-state index in [0.717, 1.165) is 0 Å². The molecular weight excluding hydrogens is 216 g/mol. The molecule has 17 heavy (non-hydrogen) atoms. The molecule has 98 valence electrons. The van der Waals surface area contributed by atoms with Gasteiger partial charge in [0.1, 0.15) is 6.04 Å². The third-order valence-corrected chi connectivity index (χ3v) is 3.59. The molecule has 0 aromatic rings. The van der Waals surface area contributed by atoms with Crippen LogP contribution >= 0.6 is 0 Å². The number of nitrogens with zero attached hydrogens (tertiary/aromatic N) is 1. The molecule has 4 nitrogen and oxygen atoms in total. The van der Waals surface area contributed by atoms with E-state index in [9.17, 15) is 9.59 Å². The van der Waals surface area contributed by atoms with Crippen LogP contribution in [0.3, 0.4) is 0 Å². The largest absolute Gasteiger partial charge is 0.345 e. The highest BCUT2D eigenvalue weighted by atomic mass is 16.2. The van der Waals surface area contributed by atoms with Gasteiger partial charge in [-0.1, -0.05) is 34.6 Å². The van der Waals surface area contributed by atoms with E-state index in [1.165, 1.54) is 0 Å². The maximum Gasteiger partial charge on any atom is 0.243 e. The Bertz CT molecular complexity index is 300. The summed E-state index contributed by atoms with van der Waals surface area (Å²) in [5.74, 6) is 1.09. The number of piperazine rings is 1. The zero-order valence-electron chi connectivity index (χ0n) is 11.5. The molecule has 0 aromatic carbocycles. The fraction of sp³-hybridized carbons (Fsp3) is 0.846. The lowest BCUT2D eigenvalue weighted by Crippen LogP contribution is -2.61. The molecule has 2 atom stereocenters. The topological polar surface area (TPSA) is 49.4 Å². The second-order valence-electron chi connectivity index (χ2n) is 5.67. The number of rotatable bonds is 4. The Hall–Kier alpha value is -1.06. The fourth-order valence-corrected chi connectivity index (χ4v) is 2.06. The zero-order chi connectivity index (χ0) is 13.2. The van der Waals surface area contributed by atoms with Gasteiger partial charge >= 0.3 is 0 Å². The van der Waals surface area contributed by atoms with Crippen molar-refractivity contribution in [3.63, 3.8) is 0 Å². The van der Waals surface area contributed by atoms with Gasteiger partial charge in [-0.05, 0) is 17.8 Å². The van der Waals surface area contributed by atoms with Gasteiger partial charge in [0, 0.05) is 6.54 Å². The smallest absolute Gasteiger partial charge is 0.243 e. The Morgan fingerprint density at radius 2 is 1.82 bits per heavy atom. The second kappa shape index (κ2) is 5.52. The van der Waals surface area contributed by atoms with Crippen LogP contribution in [0.25, 0.3) is 0 Å². The molecule has 4 heteroatoms. The highest BCUT2D eigenvalue weighted by Gasteiger charge is 2.37. The monoisotopic (exact) mass is 240 g/mol. The minimum atomic E-state index is -0.308. The molecule has 1 N–H and O–H groups in total. The lowest BCUT2D eigenvalue weighted by molar-refractivity contribution is -0.148. The molecule has 1 aliphatic rings. The number of hydrogen-bond acceptors (Lipinski definition) is 2. The van der Waals surface area contributed by atoms with E-state index in [4.69, 9.17) is 0 Å². The minimum Gasteiger partial charge on any atom is -0.345 e. The van der Waals surface area contributed by atoms with Gasteiger partial charge in [-0.3, -0.25) is 9.59 Å².